The van der Waals surface area contributed by atoms with Gasteiger partial charge in [-0.15, -0.1) is 10.2 Å². The summed E-state index contributed by atoms with van der Waals surface area (Å²) in [4.78, 5) is 2.16. The van der Waals surface area contributed by atoms with E-state index in [-0.39, 0.29) is 12.6 Å². The van der Waals surface area contributed by atoms with Crippen molar-refractivity contribution in [2.45, 2.75) is 25.8 Å². The van der Waals surface area contributed by atoms with Gasteiger partial charge in [0.1, 0.15) is 5.01 Å². The van der Waals surface area contributed by atoms with Crippen molar-refractivity contribution in [3.05, 3.63) is 5.01 Å². The van der Waals surface area contributed by atoms with Crippen LogP contribution in [0.15, 0.2) is 0 Å². The van der Waals surface area contributed by atoms with Gasteiger partial charge in [0.2, 0.25) is 5.13 Å². The van der Waals surface area contributed by atoms with Crippen molar-refractivity contribution in [1.82, 2.24) is 10.2 Å². The Balaban J connectivity index is 2.15. The number of anilines is 1. The molecule has 0 spiro atoms. The van der Waals surface area contributed by atoms with Crippen molar-refractivity contribution < 1.29 is 5.11 Å². The summed E-state index contributed by atoms with van der Waals surface area (Å²) >= 11 is 1.60. The van der Waals surface area contributed by atoms with Gasteiger partial charge in [-0.2, -0.15) is 0 Å². The molecule has 1 aliphatic rings. The van der Waals surface area contributed by atoms with E-state index in [1.807, 2.05) is 6.92 Å². The van der Waals surface area contributed by atoms with E-state index in [9.17, 15) is 0 Å². The number of hydrogen-bond acceptors (Lipinski definition) is 5. The van der Waals surface area contributed by atoms with Crippen molar-refractivity contribution in [2.24, 2.45) is 0 Å². The zero-order valence-corrected chi connectivity index (χ0v) is 8.42. The fourth-order valence-electron chi connectivity index (χ4n) is 1.68. The third-order valence-electron chi connectivity index (χ3n) is 2.35. The van der Waals surface area contributed by atoms with E-state index in [4.69, 9.17) is 5.11 Å². The minimum absolute atomic E-state index is 0.221. The summed E-state index contributed by atoms with van der Waals surface area (Å²) in [6.07, 6.45) is 2.21. The van der Waals surface area contributed by atoms with Crippen LogP contribution >= 0.6 is 11.3 Å². The molecule has 1 aromatic rings. The SMILES string of the molecule is Cc1nnc(N2CCC[C@@H]2CO)s1. The average molecular weight is 199 g/mol. The predicted octanol–water partition coefficient (Wildman–Crippen LogP) is 0.808. The third-order valence-corrected chi connectivity index (χ3v) is 3.22. The second-order valence-corrected chi connectivity index (χ2v) is 4.44. The summed E-state index contributed by atoms with van der Waals surface area (Å²) in [7, 11) is 0. The van der Waals surface area contributed by atoms with Crippen LogP contribution in [-0.4, -0.2) is 34.5 Å². The zero-order chi connectivity index (χ0) is 9.26. The molecule has 5 heteroatoms. The van der Waals surface area contributed by atoms with Crippen molar-refractivity contribution in [2.75, 3.05) is 18.1 Å². The minimum Gasteiger partial charge on any atom is -0.394 e. The van der Waals surface area contributed by atoms with Crippen LogP contribution in [0.4, 0.5) is 5.13 Å². The lowest BCUT2D eigenvalue weighted by Crippen LogP contribution is -2.31. The molecule has 0 aliphatic carbocycles. The zero-order valence-electron chi connectivity index (χ0n) is 7.60. The van der Waals surface area contributed by atoms with Crippen LogP contribution in [0.1, 0.15) is 17.8 Å². The Morgan fingerprint density at radius 2 is 2.46 bits per heavy atom. The van der Waals surface area contributed by atoms with Crippen LogP contribution in [0.2, 0.25) is 0 Å². The molecule has 4 nitrogen and oxygen atoms in total. The molecule has 0 saturated carbocycles. The molecule has 13 heavy (non-hydrogen) atoms. The lowest BCUT2D eigenvalue weighted by Gasteiger charge is -2.20. The number of aliphatic hydroxyl groups excluding tert-OH is 1. The summed E-state index contributed by atoms with van der Waals surface area (Å²) in [5, 5.41) is 19.1. The molecule has 0 unspecified atom stereocenters. The van der Waals surface area contributed by atoms with E-state index in [0.717, 1.165) is 29.5 Å². The second-order valence-electron chi connectivity index (χ2n) is 3.28. The lowest BCUT2D eigenvalue weighted by atomic mass is 10.2. The topological polar surface area (TPSA) is 49.2 Å². The maximum atomic E-state index is 9.12. The highest BCUT2D eigenvalue weighted by molar-refractivity contribution is 7.15. The molecule has 0 radical (unpaired) electrons. The van der Waals surface area contributed by atoms with Gasteiger partial charge in [-0.25, -0.2) is 0 Å². The summed E-state index contributed by atoms with van der Waals surface area (Å²) in [6.45, 7) is 3.17. The van der Waals surface area contributed by atoms with E-state index in [0.29, 0.717) is 0 Å². The third kappa shape index (κ3) is 1.66. The van der Waals surface area contributed by atoms with Crippen molar-refractivity contribution in [3.63, 3.8) is 0 Å². The first-order valence-electron chi connectivity index (χ1n) is 4.49. The maximum Gasteiger partial charge on any atom is 0.208 e. The predicted molar refractivity (Wildman–Crippen MR) is 52.1 cm³/mol. The van der Waals surface area contributed by atoms with Crippen LogP contribution < -0.4 is 4.90 Å². The van der Waals surface area contributed by atoms with Gasteiger partial charge in [-0.3, -0.25) is 0 Å². The quantitative estimate of drug-likeness (QED) is 0.765. The largest absolute Gasteiger partial charge is 0.394 e. The Kier molecular flexibility index (Phi) is 2.46. The Morgan fingerprint density at radius 3 is 3.08 bits per heavy atom. The molecule has 0 aromatic carbocycles. The van der Waals surface area contributed by atoms with Gasteiger partial charge in [0.05, 0.1) is 12.6 Å². The second kappa shape index (κ2) is 3.59. The van der Waals surface area contributed by atoms with E-state index in [1.54, 1.807) is 11.3 Å². The Bertz CT molecular complexity index is 289. The smallest absolute Gasteiger partial charge is 0.208 e. The van der Waals surface area contributed by atoms with Crippen molar-refractivity contribution >= 4 is 16.5 Å². The first-order valence-corrected chi connectivity index (χ1v) is 5.30. The van der Waals surface area contributed by atoms with E-state index >= 15 is 0 Å². The van der Waals surface area contributed by atoms with Gasteiger partial charge in [0.25, 0.3) is 0 Å². The highest BCUT2D eigenvalue weighted by Gasteiger charge is 2.26. The summed E-state index contributed by atoms with van der Waals surface area (Å²) in [5.74, 6) is 0. The monoisotopic (exact) mass is 199 g/mol. The van der Waals surface area contributed by atoms with Gasteiger partial charge < -0.3 is 10.0 Å². The molecule has 0 bridgehead atoms. The van der Waals surface area contributed by atoms with Gasteiger partial charge >= 0.3 is 0 Å². The first-order chi connectivity index (χ1) is 6.31. The molecule has 1 atom stereocenters. The van der Waals surface area contributed by atoms with E-state index in [2.05, 4.69) is 15.1 Å². The minimum atomic E-state index is 0.221. The summed E-state index contributed by atoms with van der Waals surface area (Å²) in [6, 6.07) is 0.257. The lowest BCUT2D eigenvalue weighted by molar-refractivity contribution is 0.266. The highest BCUT2D eigenvalue weighted by Crippen LogP contribution is 2.27. The molecule has 1 fully saturated rings. The molecule has 1 aliphatic heterocycles. The summed E-state index contributed by atoms with van der Waals surface area (Å²) < 4.78 is 0. The molecular weight excluding hydrogens is 186 g/mol. The number of nitrogens with zero attached hydrogens (tertiary/aromatic N) is 3. The van der Waals surface area contributed by atoms with E-state index < -0.39 is 0 Å². The summed E-state index contributed by atoms with van der Waals surface area (Å²) in [5.41, 5.74) is 0. The molecule has 72 valence electrons. The first kappa shape index (κ1) is 8.90. The Labute approximate surface area is 81.2 Å². The van der Waals surface area contributed by atoms with Crippen LogP contribution in [0.25, 0.3) is 0 Å². The van der Waals surface area contributed by atoms with Gasteiger partial charge in [0.15, 0.2) is 0 Å². The number of aliphatic hydroxyl groups is 1. The normalized spacial score (nSPS) is 22.6. The standard InChI is InChI=1S/C8H13N3OS/c1-6-9-10-8(13-6)11-4-2-3-7(11)5-12/h7,12H,2-5H2,1H3/t7-/m1/s1. The molecule has 1 aromatic heterocycles. The van der Waals surface area contributed by atoms with Crippen molar-refractivity contribution in [3.8, 4) is 0 Å². The number of rotatable bonds is 2. The van der Waals surface area contributed by atoms with Crippen LogP contribution in [-0.2, 0) is 0 Å². The fourth-order valence-corrected chi connectivity index (χ4v) is 2.46. The van der Waals surface area contributed by atoms with Crippen LogP contribution in [0.3, 0.4) is 0 Å². The number of aromatic nitrogens is 2. The molecular formula is C8H13N3OS. The molecule has 1 N–H and O–H groups in total. The Morgan fingerprint density at radius 1 is 1.62 bits per heavy atom. The van der Waals surface area contributed by atoms with Crippen LogP contribution in [0.5, 0.6) is 0 Å². The highest BCUT2D eigenvalue weighted by atomic mass is 32.1. The molecule has 1 saturated heterocycles. The fraction of sp³-hybridized carbons (Fsp3) is 0.750. The number of hydrogen-bond donors (Lipinski definition) is 1. The van der Waals surface area contributed by atoms with E-state index in [1.165, 1.54) is 0 Å². The van der Waals surface area contributed by atoms with Gasteiger partial charge in [0, 0.05) is 6.54 Å². The van der Waals surface area contributed by atoms with Gasteiger partial charge in [-0.05, 0) is 19.8 Å². The van der Waals surface area contributed by atoms with Crippen molar-refractivity contribution in [1.29, 1.82) is 0 Å². The van der Waals surface area contributed by atoms with Crippen LogP contribution in [0, 0.1) is 6.92 Å². The van der Waals surface area contributed by atoms with Gasteiger partial charge in [-0.1, -0.05) is 11.3 Å². The average Bonchev–Trinajstić information content (AvgIpc) is 2.71. The molecule has 0 amide bonds. The maximum absolute atomic E-state index is 9.12. The molecule has 2 heterocycles. The molecule has 2 rings (SSSR count). The Hall–Kier alpha value is -0.680. The number of aryl methyl sites for hydroxylation is 1.